The number of halogens is 4. The van der Waals surface area contributed by atoms with Crippen LogP contribution in [0.4, 0.5) is 17.6 Å². The fourth-order valence-electron chi connectivity index (χ4n) is 6.39. The summed E-state index contributed by atoms with van der Waals surface area (Å²) in [6.45, 7) is 7.70. The first-order valence-corrected chi connectivity index (χ1v) is 17.2. The number of likely N-dealkylation sites (N-methyl/N-ethyl adjacent to an activating group) is 1. The lowest BCUT2D eigenvalue weighted by atomic mass is 9.94. The molecule has 2 aliphatic rings. The highest BCUT2D eigenvalue weighted by Crippen LogP contribution is 2.40. The van der Waals surface area contributed by atoms with Gasteiger partial charge in [-0.2, -0.15) is 13.2 Å². The normalized spacial score (nSPS) is 18.0. The van der Waals surface area contributed by atoms with Gasteiger partial charge in [-0.25, -0.2) is 4.39 Å². The van der Waals surface area contributed by atoms with Gasteiger partial charge < -0.3 is 14.7 Å². The fraction of sp³-hybridized carbons (Fsp3) is 0.405. The van der Waals surface area contributed by atoms with Crippen LogP contribution >= 0.6 is 11.8 Å². The number of ketones is 1. The SMILES string of the molecule is CCN(CC)CCN(Cc1ccc(-c2ccc(C(F)(F)F)cc2)cc1)C(=O)CN1C(SCc2ccc(F)cc2)=CC(=O)C2CCCC21. The molecule has 3 aromatic carbocycles. The highest BCUT2D eigenvalue weighted by molar-refractivity contribution is 8.02. The van der Waals surface area contributed by atoms with Crippen LogP contribution in [0.25, 0.3) is 11.1 Å². The van der Waals surface area contributed by atoms with Crippen LogP contribution in [0.5, 0.6) is 0 Å². The van der Waals surface area contributed by atoms with Crippen LogP contribution in [0.2, 0.25) is 0 Å². The molecule has 1 fully saturated rings. The molecule has 0 spiro atoms. The third-order valence-electron chi connectivity index (χ3n) is 9.21. The van der Waals surface area contributed by atoms with Gasteiger partial charge in [0.2, 0.25) is 5.91 Å². The molecule has 0 saturated heterocycles. The van der Waals surface area contributed by atoms with Gasteiger partial charge in [-0.15, -0.1) is 11.8 Å². The van der Waals surface area contributed by atoms with Crippen molar-refractivity contribution in [1.82, 2.24) is 14.7 Å². The summed E-state index contributed by atoms with van der Waals surface area (Å²) < 4.78 is 52.5. The van der Waals surface area contributed by atoms with Crippen LogP contribution in [-0.2, 0) is 28.1 Å². The summed E-state index contributed by atoms with van der Waals surface area (Å²) in [5.41, 5.74) is 2.64. The predicted octanol–water partition coefficient (Wildman–Crippen LogP) is 8.01. The van der Waals surface area contributed by atoms with Gasteiger partial charge in [0.25, 0.3) is 0 Å². The molecular formula is C37H41F4N3O2S. The van der Waals surface area contributed by atoms with Crippen LogP contribution in [0.3, 0.4) is 0 Å². The van der Waals surface area contributed by atoms with E-state index in [9.17, 15) is 27.2 Å². The summed E-state index contributed by atoms with van der Waals surface area (Å²) in [5, 5.41) is 0.778. The van der Waals surface area contributed by atoms with E-state index in [0.29, 0.717) is 24.4 Å². The van der Waals surface area contributed by atoms with E-state index in [4.69, 9.17) is 0 Å². The predicted molar refractivity (Wildman–Crippen MR) is 179 cm³/mol. The Morgan fingerprint density at radius 2 is 1.49 bits per heavy atom. The van der Waals surface area contributed by atoms with E-state index in [2.05, 4.69) is 23.6 Å². The number of hydrogen-bond acceptors (Lipinski definition) is 5. The molecule has 0 N–H and O–H groups in total. The maximum atomic E-state index is 14.1. The van der Waals surface area contributed by atoms with Gasteiger partial charge in [-0.3, -0.25) is 9.59 Å². The number of amides is 1. The Hall–Kier alpha value is -3.63. The molecule has 1 saturated carbocycles. The number of benzene rings is 3. The molecular weight excluding hydrogens is 626 g/mol. The molecule has 0 bridgehead atoms. The van der Waals surface area contributed by atoms with Gasteiger partial charge in [0.05, 0.1) is 17.1 Å². The van der Waals surface area contributed by atoms with Crippen LogP contribution < -0.4 is 0 Å². The van der Waals surface area contributed by atoms with Crippen molar-refractivity contribution in [3.63, 3.8) is 0 Å². The molecule has 1 amide bonds. The minimum atomic E-state index is -4.39. The molecule has 1 heterocycles. The van der Waals surface area contributed by atoms with Gasteiger partial charge >= 0.3 is 6.18 Å². The van der Waals surface area contributed by atoms with Gasteiger partial charge in [0.15, 0.2) is 5.78 Å². The van der Waals surface area contributed by atoms with Crippen LogP contribution in [0.1, 0.15) is 49.8 Å². The smallest absolute Gasteiger partial charge is 0.353 e. The minimum Gasteiger partial charge on any atom is -0.353 e. The number of carbonyl (C=O) groups excluding carboxylic acids is 2. The second kappa shape index (κ2) is 15.5. The van der Waals surface area contributed by atoms with Gasteiger partial charge in [-0.05, 0) is 72.5 Å². The average Bonchev–Trinajstić information content (AvgIpc) is 3.57. The number of carbonyl (C=O) groups is 2. The molecule has 0 radical (unpaired) electrons. The molecule has 10 heteroatoms. The molecule has 250 valence electrons. The first-order valence-electron chi connectivity index (χ1n) is 16.2. The monoisotopic (exact) mass is 667 g/mol. The lowest BCUT2D eigenvalue weighted by Gasteiger charge is -2.39. The van der Waals surface area contributed by atoms with Crippen molar-refractivity contribution in [2.24, 2.45) is 5.92 Å². The van der Waals surface area contributed by atoms with E-state index in [1.165, 1.54) is 36.0 Å². The van der Waals surface area contributed by atoms with Crippen molar-refractivity contribution in [1.29, 1.82) is 0 Å². The van der Waals surface area contributed by atoms with Gasteiger partial charge in [0, 0.05) is 43.4 Å². The molecule has 2 unspecified atom stereocenters. The molecule has 3 aromatic rings. The Morgan fingerprint density at radius 3 is 2.11 bits per heavy atom. The van der Waals surface area contributed by atoms with E-state index in [1.54, 1.807) is 18.2 Å². The average molecular weight is 668 g/mol. The number of rotatable bonds is 13. The Balaban J connectivity index is 1.33. The number of fused-ring (bicyclic) bond motifs is 1. The zero-order chi connectivity index (χ0) is 33.6. The van der Waals surface area contributed by atoms with E-state index < -0.39 is 11.7 Å². The molecule has 47 heavy (non-hydrogen) atoms. The van der Waals surface area contributed by atoms with Crippen molar-refractivity contribution in [3.05, 3.63) is 106 Å². The second-order valence-electron chi connectivity index (χ2n) is 12.1. The van der Waals surface area contributed by atoms with Crippen molar-refractivity contribution in [2.45, 2.75) is 57.6 Å². The quantitative estimate of drug-likeness (QED) is 0.173. The fourth-order valence-corrected chi connectivity index (χ4v) is 7.46. The third-order valence-corrected chi connectivity index (χ3v) is 10.3. The van der Waals surface area contributed by atoms with Crippen molar-refractivity contribution >= 4 is 23.5 Å². The molecule has 0 aromatic heterocycles. The lowest BCUT2D eigenvalue weighted by Crippen LogP contribution is -2.49. The van der Waals surface area contributed by atoms with Crippen LogP contribution in [0.15, 0.2) is 83.9 Å². The third kappa shape index (κ3) is 8.84. The number of alkyl halides is 3. The largest absolute Gasteiger partial charge is 0.416 e. The summed E-state index contributed by atoms with van der Waals surface area (Å²) in [5.74, 6) is 0.227. The van der Waals surface area contributed by atoms with Crippen molar-refractivity contribution in [2.75, 3.05) is 32.7 Å². The minimum absolute atomic E-state index is 0.0279. The molecule has 1 aliphatic carbocycles. The Morgan fingerprint density at radius 1 is 0.872 bits per heavy atom. The van der Waals surface area contributed by atoms with E-state index in [-0.39, 0.29) is 36.0 Å². The number of nitrogens with zero attached hydrogens (tertiary/aromatic N) is 3. The van der Waals surface area contributed by atoms with E-state index in [0.717, 1.165) is 72.7 Å². The van der Waals surface area contributed by atoms with E-state index in [1.807, 2.05) is 29.2 Å². The molecule has 1 aliphatic heterocycles. The standard InChI is InChI=1S/C37H41F4N3O2S/c1-3-42(4-2)20-21-43(23-26-8-12-28(13-9-26)29-14-16-30(17-15-29)37(39,40)41)35(46)24-44-33-7-5-6-32(33)34(45)22-36(44)47-25-27-10-18-31(38)19-11-27/h8-19,22,32-33H,3-7,20-21,23-25H2,1-2H3. The highest BCUT2D eigenvalue weighted by atomic mass is 32.2. The summed E-state index contributed by atoms with van der Waals surface area (Å²) in [6, 6.07) is 19.0. The zero-order valence-corrected chi connectivity index (χ0v) is 27.6. The highest BCUT2D eigenvalue weighted by Gasteiger charge is 2.41. The number of hydrogen-bond donors (Lipinski definition) is 0. The summed E-state index contributed by atoms with van der Waals surface area (Å²) in [4.78, 5) is 33.5. The van der Waals surface area contributed by atoms with E-state index >= 15 is 0 Å². The number of allylic oxidation sites excluding steroid dienone is 1. The zero-order valence-electron chi connectivity index (χ0n) is 26.8. The first kappa shape index (κ1) is 34.7. The molecule has 5 nitrogen and oxygen atoms in total. The van der Waals surface area contributed by atoms with Crippen LogP contribution in [-0.4, -0.2) is 65.2 Å². The number of thioether (sulfide) groups is 1. The van der Waals surface area contributed by atoms with Crippen molar-refractivity contribution < 1.29 is 27.2 Å². The summed E-state index contributed by atoms with van der Waals surface area (Å²) in [6.07, 6.45) is -0.0923. The first-order chi connectivity index (χ1) is 22.5. The summed E-state index contributed by atoms with van der Waals surface area (Å²) in [7, 11) is 0. The van der Waals surface area contributed by atoms with Gasteiger partial charge in [0.1, 0.15) is 5.82 Å². The molecule has 2 atom stereocenters. The molecule has 5 rings (SSSR count). The Bertz CT molecular complexity index is 1540. The Labute approximate surface area is 278 Å². The second-order valence-corrected chi connectivity index (χ2v) is 13.1. The van der Waals surface area contributed by atoms with Gasteiger partial charge in [-0.1, -0.05) is 68.8 Å². The maximum absolute atomic E-state index is 14.1. The van der Waals surface area contributed by atoms with Crippen molar-refractivity contribution in [3.8, 4) is 11.1 Å². The topological polar surface area (TPSA) is 43.9 Å². The summed E-state index contributed by atoms with van der Waals surface area (Å²) >= 11 is 1.50. The van der Waals surface area contributed by atoms with Crippen LogP contribution in [0, 0.1) is 11.7 Å². The Kier molecular flexibility index (Phi) is 11.5. The lowest BCUT2D eigenvalue weighted by molar-refractivity contribution is -0.137. The maximum Gasteiger partial charge on any atom is 0.416 e.